The van der Waals surface area contributed by atoms with Gasteiger partial charge in [-0.1, -0.05) is 34.6 Å². The van der Waals surface area contributed by atoms with Crippen LogP contribution in [-0.4, -0.2) is 26.6 Å². The van der Waals surface area contributed by atoms with Crippen molar-refractivity contribution in [2.75, 3.05) is 0 Å². The Labute approximate surface area is 115 Å². The Morgan fingerprint density at radius 2 is 1.28 bits per heavy atom. The minimum atomic E-state index is -1.69. The van der Waals surface area contributed by atoms with Gasteiger partial charge in [0.05, 0.1) is 18.3 Å². The zero-order valence-electron chi connectivity index (χ0n) is 13.7. The van der Waals surface area contributed by atoms with E-state index < -0.39 is 8.32 Å². The van der Waals surface area contributed by atoms with E-state index in [4.69, 9.17) is 9.16 Å². The fourth-order valence-corrected chi connectivity index (χ4v) is 3.79. The van der Waals surface area contributed by atoms with E-state index in [1.54, 1.807) is 0 Å². The summed E-state index contributed by atoms with van der Waals surface area (Å²) in [6.07, 6.45) is 0.932. The molecular weight excluding hydrogens is 240 g/mol. The van der Waals surface area contributed by atoms with Crippen LogP contribution in [0.25, 0.3) is 0 Å². The molecule has 2 unspecified atom stereocenters. The van der Waals surface area contributed by atoms with Gasteiger partial charge in [0.15, 0.2) is 8.32 Å². The first kappa shape index (κ1) is 16.2. The molecule has 0 aromatic heterocycles. The van der Waals surface area contributed by atoms with Gasteiger partial charge in [0.2, 0.25) is 0 Å². The van der Waals surface area contributed by atoms with Gasteiger partial charge in [-0.15, -0.1) is 0 Å². The predicted octanol–water partition coefficient (Wildman–Crippen LogP) is 4.46. The highest BCUT2D eigenvalue weighted by Gasteiger charge is 2.45. The van der Waals surface area contributed by atoms with Crippen molar-refractivity contribution in [2.24, 2.45) is 11.8 Å². The zero-order valence-corrected chi connectivity index (χ0v) is 14.7. The van der Waals surface area contributed by atoms with Gasteiger partial charge in [-0.25, -0.2) is 0 Å². The van der Waals surface area contributed by atoms with Crippen LogP contribution in [0.2, 0.25) is 18.1 Å². The topological polar surface area (TPSA) is 18.5 Å². The molecule has 0 N–H and O–H groups in total. The summed E-state index contributed by atoms with van der Waals surface area (Å²) >= 11 is 0. The fraction of sp³-hybridized carbons (Fsp3) is 1.00. The Morgan fingerprint density at radius 1 is 0.889 bits per heavy atom. The molecule has 0 spiro atoms. The minimum Gasteiger partial charge on any atom is -0.413 e. The Bertz CT molecular complexity index is 269. The van der Waals surface area contributed by atoms with Crippen molar-refractivity contribution in [1.29, 1.82) is 0 Å². The summed E-state index contributed by atoms with van der Waals surface area (Å²) in [4.78, 5) is 0. The molecule has 1 aliphatic heterocycles. The summed E-state index contributed by atoms with van der Waals surface area (Å²) in [5.41, 5.74) is 0. The molecule has 0 saturated carbocycles. The Morgan fingerprint density at radius 3 is 1.61 bits per heavy atom. The van der Waals surface area contributed by atoms with Crippen LogP contribution in [0.5, 0.6) is 0 Å². The van der Waals surface area contributed by atoms with E-state index >= 15 is 0 Å². The maximum Gasteiger partial charge on any atom is 0.192 e. The second-order valence-corrected chi connectivity index (χ2v) is 12.4. The number of rotatable bonds is 2. The van der Waals surface area contributed by atoms with Crippen LogP contribution in [0, 0.1) is 11.8 Å². The van der Waals surface area contributed by atoms with Gasteiger partial charge in [0.1, 0.15) is 0 Å². The number of hydrogen-bond donors (Lipinski definition) is 0. The van der Waals surface area contributed by atoms with Crippen molar-refractivity contribution < 1.29 is 9.16 Å². The molecule has 0 bridgehead atoms. The third kappa shape index (κ3) is 3.17. The fourth-order valence-electron chi connectivity index (χ4n) is 2.33. The predicted molar refractivity (Wildman–Crippen MR) is 80.4 cm³/mol. The highest BCUT2D eigenvalue weighted by Crippen LogP contribution is 2.41. The van der Waals surface area contributed by atoms with E-state index in [1.165, 1.54) is 0 Å². The molecule has 3 heteroatoms. The first-order chi connectivity index (χ1) is 7.97. The summed E-state index contributed by atoms with van der Waals surface area (Å²) < 4.78 is 12.6. The lowest BCUT2D eigenvalue weighted by atomic mass is 9.84. The summed E-state index contributed by atoms with van der Waals surface area (Å²) in [6.45, 7) is 20.5. The van der Waals surface area contributed by atoms with Crippen LogP contribution in [0.15, 0.2) is 0 Å². The molecule has 2 nitrogen and oxygen atoms in total. The van der Waals surface area contributed by atoms with Crippen molar-refractivity contribution in [3.63, 3.8) is 0 Å². The Balaban J connectivity index is 2.87. The SMILES string of the molecule is CC1O[C@H](C)[C@@H](C)C(O[Si](C)(C)C(C)(C)C)[C@H]1C. The van der Waals surface area contributed by atoms with E-state index in [-0.39, 0.29) is 5.04 Å². The monoisotopic (exact) mass is 272 g/mol. The molecule has 108 valence electrons. The highest BCUT2D eigenvalue weighted by molar-refractivity contribution is 6.74. The maximum atomic E-state index is 6.67. The van der Waals surface area contributed by atoms with Gasteiger partial charge in [-0.2, -0.15) is 0 Å². The largest absolute Gasteiger partial charge is 0.413 e. The van der Waals surface area contributed by atoms with Crippen molar-refractivity contribution in [1.82, 2.24) is 0 Å². The molecule has 1 fully saturated rings. The first-order valence-corrected chi connectivity index (χ1v) is 10.2. The van der Waals surface area contributed by atoms with Crippen molar-refractivity contribution in [2.45, 2.75) is 84.9 Å². The van der Waals surface area contributed by atoms with Crippen molar-refractivity contribution >= 4 is 8.32 Å². The van der Waals surface area contributed by atoms with E-state index in [0.29, 0.717) is 30.1 Å². The standard InChI is InChI=1S/C15H32O2Si/c1-10-12(3)16-13(4)11(2)14(10)17-18(8,9)15(5,6)7/h10-14H,1-9H3/t10-,11+,12-,13?,14?/m1/s1. The molecule has 5 atom stereocenters. The van der Waals surface area contributed by atoms with E-state index in [2.05, 4.69) is 61.6 Å². The van der Waals surface area contributed by atoms with Gasteiger partial charge in [0, 0.05) is 11.8 Å². The molecule has 0 radical (unpaired) electrons. The molecule has 0 amide bonds. The molecule has 0 aromatic rings. The van der Waals surface area contributed by atoms with Gasteiger partial charge >= 0.3 is 0 Å². The van der Waals surface area contributed by atoms with Crippen LogP contribution in [0.1, 0.15) is 48.5 Å². The summed E-state index contributed by atoms with van der Waals surface area (Å²) in [5.74, 6) is 0.954. The second-order valence-electron chi connectivity index (χ2n) is 7.61. The Hall–Kier alpha value is 0.137. The average molecular weight is 273 g/mol. The molecule has 1 heterocycles. The third-order valence-electron chi connectivity index (χ3n) is 5.18. The van der Waals surface area contributed by atoms with Crippen molar-refractivity contribution in [3.05, 3.63) is 0 Å². The van der Waals surface area contributed by atoms with E-state index in [1.807, 2.05) is 0 Å². The van der Waals surface area contributed by atoms with Gasteiger partial charge in [-0.05, 0) is 32.0 Å². The second kappa shape index (κ2) is 5.26. The lowest BCUT2D eigenvalue weighted by Crippen LogP contribution is -2.54. The lowest BCUT2D eigenvalue weighted by molar-refractivity contribution is -0.145. The molecular formula is C15H32O2Si. The summed E-state index contributed by atoms with van der Waals surface area (Å²) in [7, 11) is -1.69. The Kier molecular flexibility index (Phi) is 4.73. The van der Waals surface area contributed by atoms with Crippen LogP contribution in [0.4, 0.5) is 0 Å². The van der Waals surface area contributed by atoms with Gasteiger partial charge < -0.3 is 9.16 Å². The molecule has 1 saturated heterocycles. The number of hydrogen-bond acceptors (Lipinski definition) is 2. The normalized spacial score (nSPS) is 38.8. The van der Waals surface area contributed by atoms with Gasteiger partial charge in [0.25, 0.3) is 0 Å². The van der Waals surface area contributed by atoms with E-state index in [0.717, 1.165) is 0 Å². The van der Waals surface area contributed by atoms with Crippen LogP contribution < -0.4 is 0 Å². The lowest BCUT2D eigenvalue weighted by Gasteiger charge is -2.48. The third-order valence-corrected chi connectivity index (χ3v) is 9.66. The first-order valence-electron chi connectivity index (χ1n) is 7.30. The van der Waals surface area contributed by atoms with Gasteiger partial charge in [-0.3, -0.25) is 0 Å². The van der Waals surface area contributed by atoms with Crippen LogP contribution in [-0.2, 0) is 9.16 Å². The van der Waals surface area contributed by atoms with Crippen molar-refractivity contribution in [3.8, 4) is 0 Å². The molecule has 18 heavy (non-hydrogen) atoms. The highest BCUT2D eigenvalue weighted by atomic mass is 28.4. The minimum absolute atomic E-state index is 0.275. The molecule has 1 rings (SSSR count). The smallest absolute Gasteiger partial charge is 0.192 e. The maximum absolute atomic E-state index is 6.67. The van der Waals surface area contributed by atoms with Crippen LogP contribution >= 0.6 is 0 Å². The number of ether oxygens (including phenoxy) is 1. The van der Waals surface area contributed by atoms with E-state index in [9.17, 15) is 0 Å². The molecule has 0 aliphatic carbocycles. The summed E-state index contributed by atoms with van der Waals surface area (Å²) in [6, 6.07) is 0. The quantitative estimate of drug-likeness (QED) is 0.691. The van der Waals surface area contributed by atoms with Crippen LogP contribution in [0.3, 0.4) is 0 Å². The average Bonchev–Trinajstić information content (AvgIpc) is 2.20. The molecule has 1 aliphatic rings. The summed E-state index contributed by atoms with van der Waals surface area (Å²) in [5, 5.41) is 0.275. The zero-order chi connectivity index (χ0) is 14.3. The molecule has 0 aromatic carbocycles.